The third kappa shape index (κ3) is 5.90. The number of ether oxygens (including phenoxy) is 4. The fourth-order valence-corrected chi connectivity index (χ4v) is 4.60. The Morgan fingerprint density at radius 2 is 1.50 bits per heavy atom. The number of hydrazone groups is 1. The molecule has 0 saturated heterocycles. The first-order valence-corrected chi connectivity index (χ1v) is 13.1. The van der Waals surface area contributed by atoms with Crippen LogP contribution in [0.2, 0.25) is 0 Å². The van der Waals surface area contributed by atoms with Gasteiger partial charge >= 0.3 is 5.97 Å². The van der Waals surface area contributed by atoms with Crippen molar-refractivity contribution < 1.29 is 33.5 Å². The van der Waals surface area contributed by atoms with Crippen LogP contribution in [-0.2, 0) is 0 Å². The van der Waals surface area contributed by atoms with Gasteiger partial charge in [0.25, 0.3) is 11.6 Å². The molecule has 1 amide bonds. The van der Waals surface area contributed by atoms with Crippen molar-refractivity contribution in [3.8, 4) is 34.1 Å². The molecule has 0 aliphatic heterocycles. The summed E-state index contributed by atoms with van der Waals surface area (Å²) in [4.78, 5) is 39.5. The SMILES string of the molecule is COc1cc(C=NNC(=O)c2[nH]c3c(OC)ccc(OC)c3c2-c2ccccc2)ccc1OC(=O)c1ccc([N+](=O)[O-])cc1. The number of aromatic nitrogens is 1. The molecule has 0 bridgehead atoms. The van der Waals surface area contributed by atoms with Gasteiger partial charge in [-0.15, -0.1) is 0 Å². The van der Waals surface area contributed by atoms with Crippen molar-refractivity contribution >= 4 is 34.7 Å². The third-order valence-electron chi connectivity index (χ3n) is 6.69. The van der Waals surface area contributed by atoms with E-state index in [2.05, 4.69) is 15.5 Å². The molecule has 0 fully saturated rings. The van der Waals surface area contributed by atoms with Crippen molar-refractivity contribution in [1.82, 2.24) is 10.4 Å². The van der Waals surface area contributed by atoms with Crippen LogP contribution < -0.4 is 24.4 Å². The predicted octanol–water partition coefficient (Wildman–Crippen LogP) is 5.75. The summed E-state index contributed by atoms with van der Waals surface area (Å²) >= 11 is 0. The fourth-order valence-electron chi connectivity index (χ4n) is 4.60. The molecule has 44 heavy (non-hydrogen) atoms. The van der Waals surface area contributed by atoms with E-state index >= 15 is 0 Å². The highest BCUT2D eigenvalue weighted by Crippen LogP contribution is 2.42. The van der Waals surface area contributed by atoms with Gasteiger partial charge in [-0.1, -0.05) is 30.3 Å². The van der Waals surface area contributed by atoms with E-state index < -0.39 is 16.8 Å². The van der Waals surface area contributed by atoms with Crippen LogP contribution >= 0.6 is 0 Å². The van der Waals surface area contributed by atoms with Crippen molar-refractivity contribution in [1.29, 1.82) is 0 Å². The highest BCUT2D eigenvalue weighted by Gasteiger charge is 2.24. The minimum atomic E-state index is -0.715. The molecule has 5 aromatic rings. The number of carbonyl (C=O) groups excluding carboxylic acids is 2. The van der Waals surface area contributed by atoms with Gasteiger partial charge in [0.15, 0.2) is 11.5 Å². The Bertz CT molecular complexity index is 1880. The number of H-pyrrole nitrogens is 1. The van der Waals surface area contributed by atoms with Gasteiger partial charge < -0.3 is 23.9 Å². The lowest BCUT2D eigenvalue weighted by Gasteiger charge is -2.10. The van der Waals surface area contributed by atoms with E-state index in [1.165, 1.54) is 43.7 Å². The van der Waals surface area contributed by atoms with E-state index in [1.807, 2.05) is 30.3 Å². The molecule has 0 spiro atoms. The zero-order valence-corrected chi connectivity index (χ0v) is 23.8. The summed E-state index contributed by atoms with van der Waals surface area (Å²) in [5.41, 5.74) is 5.37. The average Bonchev–Trinajstić information content (AvgIpc) is 3.46. The number of hydrogen-bond acceptors (Lipinski definition) is 9. The minimum absolute atomic E-state index is 0.130. The number of methoxy groups -OCH3 is 3. The Kier molecular flexibility index (Phi) is 8.52. The van der Waals surface area contributed by atoms with Crippen LogP contribution in [0, 0.1) is 10.1 Å². The Balaban J connectivity index is 1.37. The second-order valence-electron chi connectivity index (χ2n) is 9.26. The van der Waals surface area contributed by atoms with E-state index in [1.54, 1.807) is 38.5 Å². The van der Waals surface area contributed by atoms with Crippen molar-refractivity contribution in [2.24, 2.45) is 5.10 Å². The number of nitro groups is 1. The zero-order chi connectivity index (χ0) is 31.2. The van der Waals surface area contributed by atoms with Crippen LogP contribution in [0.25, 0.3) is 22.0 Å². The van der Waals surface area contributed by atoms with Crippen LogP contribution in [0.3, 0.4) is 0 Å². The monoisotopic (exact) mass is 594 g/mol. The number of non-ortho nitro benzene ring substituents is 1. The standard InChI is InChI=1S/C32H26N4O8/c1-41-24-15-16-25(42-2)29-28(24)27(20-7-5-4-6-8-20)30(34-29)31(37)35-33-18-19-9-14-23(26(17-19)43-3)44-32(38)21-10-12-22(13-11-21)36(39)40/h4-18,34H,1-3H3,(H,35,37). The van der Waals surface area contributed by atoms with Crippen LogP contribution in [0.15, 0.2) is 90.0 Å². The van der Waals surface area contributed by atoms with E-state index in [9.17, 15) is 19.7 Å². The number of carbonyl (C=O) groups is 2. The highest BCUT2D eigenvalue weighted by atomic mass is 16.6. The maximum Gasteiger partial charge on any atom is 0.343 e. The minimum Gasteiger partial charge on any atom is -0.496 e. The topological polar surface area (TPSA) is 154 Å². The molecule has 0 unspecified atom stereocenters. The molecule has 222 valence electrons. The van der Waals surface area contributed by atoms with Gasteiger partial charge in [0, 0.05) is 17.7 Å². The zero-order valence-electron chi connectivity index (χ0n) is 23.8. The number of nitrogens with one attached hydrogen (secondary N) is 2. The molecule has 4 aromatic carbocycles. The Morgan fingerprint density at radius 3 is 2.16 bits per heavy atom. The number of benzene rings is 4. The van der Waals surface area contributed by atoms with E-state index in [0.717, 1.165) is 5.56 Å². The average molecular weight is 595 g/mol. The Hall–Kier alpha value is -6.17. The number of aromatic amines is 1. The third-order valence-corrected chi connectivity index (χ3v) is 6.69. The Labute approximate surface area is 251 Å². The normalized spacial score (nSPS) is 10.9. The van der Waals surface area contributed by atoms with Gasteiger partial charge in [-0.05, 0) is 53.6 Å². The van der Waals surface area contributed by atoms with Crippen LogP contribution in [0.5, 0.6) is 23.0 Å². The summed E-state index contributed by atoms with van der Waals surface area (Å²) < 4.78 is 21.9. The van der Waals surface area contributed by atoms with Crippen molar-refractivity contribution in [3.63, 3.8) is 0 Å². The molecule has 12 heteroatoms. The lowest BCUT2D eigenvalue weighted by Crippen LogP contribution is -2.19. The highest BCUT2D eigenvalue weighted by molar-refractivity contribution is 6.13. The maximum atomic E-state index is 13.4. The number of nitrogens with zero attached hydrogens (tertiary/aromatic N) is 2. The molecule has 1 aromatic heterocycles. The number of fused-ring (bicyclic) bond motifs is 1. The number of esters is 1. The summed E-state index contributed by atoms with van der Waals surface area (Å²) in [6.45, 7) is 0. The summed E-state index contributed by atoms with van der Waals surface area (Å²) in [6.07, 6.45) is 1.41. The summed E-state index contributed by atoms with van der Waals surface area (Å²) in [5.74, 6) is 0.262. The predicted molar refractivity (Wildman–Crippen MR) is 163 cm³/mol. The second kappa shape index (κ2) is 12.8. The summed E-state index contributed by atoms with van der Waals surface area (Å²) in [7, 11) is 4.51. The quantitative estimate of drug-likeness (QED) is 0.0681. The first-order chi connectivity index (χ1) is 21.3. The van der Waals surface area contributed by atoms with Crippen molar-refractivity contribution in [3.05, 3.63) is 112 Å². The van der Waals surface area contributed by atoms with Crippen LogP contribution in [0.4, 0.5) is 5.69 Å². The Morgan fingerprint density at radius 1 is 0.841 bits per heavy atom. The lowest BCUT2D eigenvalue weighted by molar-refractivity contribution is -0.384. The molecule has 12 nitrogen and oxygen atoms in total. The molecule has 0 atom stereocenters. The van der Waals surface area contributed by atoms with Gasteiger partial charge in [0.2, 0.25) is 0 Å². The molecular formula is C32H26N4O8. The summed E-state index contributed by atoms with van der Waals surface area (Å²) in [5, 5.41) is 15.7. The van der Waals surface area contributed by atoms with Crippen molar-refractivity contribution in [2.75, 3.05) is 21.3 Å². The van der Waals surface area contributed by atoms with Crippen LogP contribution in [0.1, 0.15) is 26.4 Å². The molecule has 5 rings (SSSR count). The van der Waals surface area contributed by atoms with Gasteiger partial charge in [0.05, 0.1) is 48.9 Å². The van der Waals surface area contributed by atoms with E-state index in [4.69, 9.17) is 18.9 Å². The largest absolute Gasteiger partial charge is 0.496 e. The van der Waals surface area contributed by atoms with Gasteiger partial charge in [-0.2, -0.15) is 5.10 Å². The van der Waals surface area contributed by atoms with E-state index in [0.29, 0.717) is 33.5 Å². The molecule has 0 radical (unpaired) electrons. The fraction of sp³-hybridized carbons (Fsp3) is 0.0938. The number of hydrogen-bond donors (Lipinski definition) is 2. The van der Waals surface area contributed by atoms with Crippen molar-refractivity contribution in [2.45, 2.75) is 0 Å². The molecule has 0 aliphatic rings. The van der Waals surface area contributed by atoms with Crippen LogP contribution in [-0.4, -0.2) is 49.3 Å². The number of amides is 1. The smallest absolute Gasteiger partial charge is 0.343 e. The maximum absolute atomic E-state index is 13.4. The van der Waals surface area contributed by atoms with Gasteiger partial charge in [0.1, 0.15) is 17.2 Å². The van der Waals surface area contributed by atoms with E-state index in [-0.39, 0.29) is 28.4 Å². The van der Waals surface area contributed by atoms with Gasteiger partial charge in [-0.3, -0.25) is 14.9 Å². The molecule has 1 heterocycles. The lowest BCUT2D eigenvalue weighted by atomic mass is 10.0. The number of rotatable bonds is 10. The van der Waals surface area contributed by atoms with Gasteiger partial charge in [-0.25, -0.2) is 10.2 Å². The molecule has 2 N–H and O–H groups in total. The molecular weight excluding hydrogens is 568 g/mol. The summed E-state index contributed by atoms with van der Waals surface area (Å²) in [6, 6.07) is 22.7. The first kappa shape index (κ1) is 29.3. The molecule has 0 aliphatic carbocycles. The second-order valence-corrected chi connectivity index (χ2v) is 9.26. The number of nitro benzene ring substituents is 1. The first-order valence-electron chi connectivity index (χ1n) is 13.1. The molecule has 0 saturated carbocycles.